The lowest BCUT2D eigenvalue weighted by Gasteiger charge is -2.50. The predicted octanol–water partition coefficient (Wildman–Crippen LogP) is 3.75. The van der Waals surface area contributed by atoms with Crippen LogP contribution in [0.2, 0.25) is 0 Å². The van der Waals surface area contributed by atoms with Crippen LogP contribution in [0.4, 0.5) is 0 Å². The van der Waals surface area contributed by atoms with Gasteiger partial charge >= 0.3 is 0 Å². The van der Waals surface area contributed by atoms with Crippen molar-refractivity contribution in [1.29, 1.82) is 0 Å². The van der Waals surface area contributed by atoms with Gasteiger partial charge in [0.15, 0.2) is 0 Å². The number of rotatable bonds is 4. The van der Waals surface area contributed by atoms with E-state index in [0.29, 0.717) is 6.04 Å². The van der Waals surface area contributed by atoms with Crippen LogP contribution in [0.1, 0.15) is 65.7 Å². The van der Waals surface area contributed by atoms with Gasteiger partial charge in [-0.3, -0.25) is 0 Å². The number of hydrogen-bond acceptors (Lipinski definition) is 2. The van der Waals surface area contributed by atoms with E-state index >= 15 is 0 Å². The van der Waals surface area contributed by atoms with Crippen LogP contribution in [0.5, 0.6) is 0 Å². The summed E-state index contributed by atoms with van der Waals surface area (Å²) in [7, 11) is 0. The molecule has 1 saturated carbocycles. The van der Waals surface area contributed by atoms with E-state index in [1.165, 1.54) is 44.9 Å². The minimum absolute atomic E-state index is 0.204. The molecule has 1 heterocycles. The van der Waals surface area contributed by atoms with Crippen molar-refractivity contribution < 1.29 is 4.74 Å². The molecular formula is C16H31NO. The van der Waals surface area contributed by atoms with Crippen LogP contribution in [-0.2, 0) is 4.74 Å². The van der Waals surface area contributed by atoms with Gasteiger partial charge in [-0.15, -0.1) is 0 Å². The maximum Gasteiger partial charge on any atom is 0.0727 e. The molecule has 1 aliphatic carbocycles. The average Bonchev–Trinajstić information content (AvgIpc) is 2.37. The molecule has 1 N–H and O–H groups in total. The average molecular weight is 253 g/mol. The number of hydrogen-bond donors (Lipinski definition) is 1. The van der Waals surface area contributed by atoms with Gasteiger partial charge in [0.1, 0.15) is 0 Å². The molecule has 106 valence electrons. The molecule has 2 fully saturated rings. The van der Waals surface area contributed by atoms with E-state index in [4.69, 9.17) is 4.74 Å². The predicted molar refractivity (Wildman–Crippen MR) is 76.8 cm³/mol. The standard InChI is InChI=1S/C16H31NO/c1-4-10-17-14-8-11-18-16(12-14)9-6-5-7-15(16)13(2)3/h13-15,17H,4-12H2,1-3H3. The summed E-state index contributed by atoms with van der Waals surface area (Å²) >= 11 is 0. The minimum Gasteiger partial charge on any atom is -0.375 e. The Morgan fingerprint density at radius 1 is 1.28 bits per heavy atom. The highest BCUT2D eigenvalue weighted by atomic mass is 16.5. The van der Waals surface area contributed by atoms with Crippen LogP contribution in [0, 0.1) is 11.8 Å². The van der Waals surface area contributed by atoms with E-state index in [1.807, 2.05) is 0 Å². The van der Waals surface area contributed by atoms with Crippen LogP contribution >= 0.6 is 0 Å². The monoisotopic (exact) mass is 253 g/mol. The van der Waals surface area contributed by atoms with E-state index in [9.17, 15) is 0 Å². The Morgan fingerprint density at radius 2 is 2.11 bits per heavy atom. The fourth-order valence-corrected chi connectivity index (χ4v) is 4.12. The Bertz CT molecular complexity index is 249. The molecule has 0 aromatic carbocycles. The lowest BCUT2D eigenvalue weighted by Crippen LogP contribution is -2.54. The maximum atomic E-state index is 6.35. The molecule has 2 heteroatoms. The van der Waals surface area contributed by atoms with Crippen LogP contribution in [-0.4, -0.2) is 24.8 Å². The topological polar surface area (TPSA) is 21.3 Å². The smallest absolute Gasteiger partial charge is 0.0727 e. The van der Waals surface area contributed by atoms with Gasteiger partial charge in [-0.25, -0.2) is 0 Å². The van der Waals surface area contributed by atoms with E-state index in [2.05, 4.69) is 26.1 Å². The molecule has 1 aliphatic heterocycles. The summed E-state index contributed by atoms with van der Waals surface area (Å²) in [5.41, 5.74) is 0.204. The zero-order chi connectivity index (χ0) is 13.0. The van der Waals surface area contributed by atoms with Gasteiger partial charge in [0.25, 0.3) is 0 Å². The third-order valence-electron chi connectivity index (χ3n) is 4.98. The molecule has 0 aromatic heterocycles. The van der Waals surface area contributed by atoms with Crippen LogP contribution in [0.3, 0.4) is 0 Å². The van der Waals surface area contributed by atoms with Crippen molar-refractivity contribution in [3.05, 3.63) is 0 Å². The third kappa shape index (κ3) is 3.08. The summed E-state index contributed by atoms with van der Waals surface area (Å²) in [6.45, 7) is 9.13. The second kappa shape index (κ2) is 6.38. The van der Waals surface area contributed by atoms with Crippen molar-refractivity contribution in [1.82, 2.24) is 5.32 Å². The fourth-order valence-electron chi connectivity index (χ4n) is 4.12. The van der Waals surface area contributed by atoms with Gasteiger partial charge in [0, 0.05) is 12.6 Å². The number of ether oxygens (including phenoxy) is 1. The first kappa shape index (κ1) is 14.3. The van der Waals surface area contributed by atoms with E-state index < -0.39 is 0 Å². The quantitative estimate of drug-likeness (QED) is 0.824. The van der Waals surface area contributed by atoms with Crippen LogP contribution in [0.15, 0.2) is 0 Å². The summed E-state index contributed by atoms with van der Waals surface area (Å²) in [4.78, 5) is 0. The molecule has 18 heavy (non-hydrogen) atoms. The van der Waals surface area contributed by atoms with Crippen molar-refractivity contribution in [2.24, 2.45) is 11.8 Å². The second-order valence-corrected chi connectivity index (χ2v) is 6.65. The Hall–Kier alpha value is -0.0800. The van der Waals surface area contributed by atoms with Crippen molar-refractivity contribution in [2.45, 2.75) is 77.4 Å². The van der Waals surface area contributed by atoms with Crippen LogP contribution in [0.25, 0.3) is 0 Å². The van der Waals surface area contributed by atoms with Gasteiger partial charge in [-0.1, -0.05) is 33.6 Å². The first-order valence-corrected chi connectivity index (χ1v) is 8.05. The lowest BCUT2D eigenvalue weighted by molar-refractivity contribution is -0.153. The normalized spacial score (nSPS) is 37.3. The summed E-state index contributed by atoms with van der Waals surface area (Å²) in [5.74, 6) is 1.53. The summed E-state index contributed by atoms with van der Waals surface area (Å²) < 4.78 is 6.35. The largest absolute Gasteiger partial charge is 0.375 e. The van der Waals surface area contributed by atoms with Crippen molar-refractivity contribution in [2.75, 3.05) is 13.2 Å². The highest BCUT2D eigenvalue weighted by molar-refractivity contribution is 4.98. The zero-order valence-electron chi connectivity index (χ0n) is 12.5. The Kier molecular flexibility index (Phi) is 5.08. The minimum atomic E-state index is 0.204. The fraction of sp³-hybridized carbons (Fsp3) is 1.00. The first-order chi connectivity index (χ1) is 8.68. The molecular weight excluding hydrogens is 222 g/mol. The van der Waals surface area contributed by atoms with E-state index in [0.717, 1.165) is 25.0 Å². The second-order valence-electron chi connectivity index (χ2n) is 6.65. The SMILES string of the molecule is CCCNC1CCOC2(CCCCC2C(C)C)C1. The van der Waals surface area contributed by atoms with Crippen molar-refractivity contribution in [3.8, 4) is 0 Å². The molecule has 3 atom stereocenters. The molecule has 0 radical (unpaired) electrons. The van der Waals surface area contributed by atoms with Gasteiger partial charge in [0.2, 0.25) is 0 Å². The van der Waals surface area contributed by atoms with Crippen molar-refractivity contribution >= 4 is 0 Å². The Balaban J connectivity index is 2.02. The molecule has 0 amide bonds. The molecule has 0 bridgehead atoms. The highest BCUT2D eigenvalue weighted by Crippen LogP contribution is 2.45. The van der Waals surface area contributed by atoms with Gasteiger partial charge < -0.3 is 10.1 Å². The van der Waals surface area contributed by atoms with Gasteiger partial charge in [-0.05, 0) is 50.5 Å². The molecule has 2 rings (SSSR count). The Labute approximate surface area is 113 Å². The number of nitrogens with one attached hydrogen (secondary N) is 1. The molecule has 1 saturated heterocycles. The zero-order valence-corrected chi connectivity index (χ0v) is 12.5. The lowest BCUT2D eigenvalue weighted by atomic mass is 9.66. The molecule has 3 unspecified atom stereocenters. The van der Waals surface area contributed by atoms with E-state index in [1.54, 1.807) is 0 Å². The first-order valence-electron chi connectivity index (χ1n) is 8.05. The molecule has 0 aromatic rings. The molecule has 2 nitrogen and oxygen atoms in total. The summed E-state index contributed by atoms with van der Waals surface area (Å²) in [5, 5.41) is 3.72. The summed E-state index contributed by atoms with van der Waals surface area (Å²) in [6.07, 6.45) is 9.11. The highest BCUT2D eigenvalue weighted by Gasteiger charge is 2.46. The van der Waals surface area contributed by atoms with Crippen LogP contribution < -0.4 is 5.32 Å². The molecule has 1 spiro atoms. The van der Waals surface area contributed by atoms with Gasteiger partial charge in [-0.2, -0.15) is 0 Å². The van der Waals surface area contributed by atoms with Gasteiger partial charge in [0.05, 0.1) is 5.60 Å². The maximum absolute atomic E-state index is 6.35. The summed E-state index contributed by atoms with van der Waals surface area (Å²) in [6, 6.07) is 0.693. The van der Waals surface area contributed by atoms with Crippen molar-refractivity contribution in [3.63, 3.8) is 0 Å². The molecule has 2 aliphatic rings. The Morgan fingerprint density at radius 3 is 2.83 bits per heavy atom. The third-order valence-corrected chi connectivity index (χ3v) is 4.98. The van der Waals surface area contributed by atoms with E-state index in [-0.39, 0.29) is 5.60 Å².